The van der Waals surface area contributed by atoms with Crippen LogP contribution < -0.4 is 0 Å². The monoisotopic (exact) mass is 359 g/mol. The zero-order chi connectivity index (χ0) is 19.0. The predicted molar refractivity (Wildman–Crippen MR) is 102 cm³/mol. The minimum Gasteiger partial charge on any atom is -0.462 e. The largest absolute Gasteiger partial charge is 0.462 e. The van der Waals surface area contributed by atoms with Crippen LogP contribution in [0, 0.1) is 6.92 Å². The molecule has 27 heavy (non-hydrogen) atoms. The quantitative estimate of drug-likeness (QED) is 0.390. The van der Waals surface area contributed by atoms with Crippen LogP contribution in [0.3, 0.4) is 0 Å². The zero-order valence-electron chi connectivity index (χ0n) is 15.0. The first-order valence-electron chi connectivity index (χ1n) is 8.68. The third kappa shape index (κ3) is 3.08. The average molecular weight is 359 g/mol. The second-order valence-corrected chi connectivity index (χ2v) is 6.27. The Bertz CT molecular complexity index is 1160. The highest BCUT2D eigenvalue weighted by Crippen LogP contribution is 2.25. The van der Waals surface area contributed by atoms with Gasteiger partial charge in [0.05, 0.1) is 17.7 Å². The minimum absolute atomic E-state index is 0.147. The van der Waals surface area contributed by atoms with Gasteiger partial charge in [-0.2, -0.15) is 0 Å². The first kappa shape index (κ1) is 17.0. The van der Waals surface area contributed by atoms with Crippen molar-refractivity contribution in [2.75, 3.05) is 6.61 Å². The van der Waals surface area contributed by atoms with Crippen LogP contribution in [0.5, 0.6) is 0 Å². The topological polar surface area (TPSA) is 69.4 Å². The summed E-state index contributed by atoms with van der Waals surface area (Å²) in [4.78, 5) is 29.8. The fourth-order valence-electron chi connectivity index (χ4n) is 3.05. The molecule has 2 heterocycles. The molecule has 2 aromatic heterocycles. The Labute approximate surface area is 155 Å². The molecule has 0 aliphatic carbocycles. The summed E-state index contributed by atoms with van der Waals surface area (Å²) in [6.45, 7) is 3.93. The van der Waals surface area contributed by atoms with E-state index in [0.29, 0.717) is 22.0 Å². The van der Waals surface area contributed by atoms with Gasteiger partial charge in [0.15, 0.2) is 5.76 Å². The van der Waals surface area contributed by atoms with E-state index in [-0.39, 0.29) is 23.8 Å². The van der Waals surface area contributed by atoms with Crippen LogP contribution in [0.4, 0.5) is 0 Å². The molecule has 0 radical (unpaired) electrons. The number of para-hydroxylation sites is 1. The lowest BCUT2D eigenvalue weighted by atomic mass is 10.0. The molecule has 0 saturated carbocycles. The van der Waals surface area contributed by atoms with Gasteiger partial charge in [0, 0.05) is 10.8 Å². The fraction of sp³-hybridized carbons (Fsp3) is 0.136. The third-order valence-electron chi connectivity index (χ3n) is 4.34. The molecular weight excluding hydrogens is 342 g/mol. The summed E-state index contributed by atoms with van der Waals surface area (Å²) in [7, 11) is 0. The Morgan fingerprint density at radius 1 is 1.07 bits per heavy atom. The van der Waals surface area contributed by atoms with Gasteiger partial charge in [-0.25, -0.2) is 9.78 Å². The highest BCUT2D eigenvalue weighted by molar-refractivity contribution is 6.12. The molecule has 0 atom stereocenters. The highest BCUT2D eigenvalue weighted by Gasteiger charge is 2.21. The van der Waals surface area contributed by atoms with E-state index in [1.165, 1.54) is 6.07 Å². The molecule has 2 aromatic carbocycles. The maximum atomic E-state index is 13.0. The van der Waals surface area contributed by atoms with E-state index in [1.807, 2.05) is 37.3 Å². The number of aryl methyl sites for hydroxylation is 1. The molecule has 5 nitrogen and oxygen atoms in total. The van der Waals surface area contributed by atoms with E-state index in [4.69, 9.17) is 9.15 Å². The van der Waals surface area contributed by atoms with Crippen molar-refractivity contribution in [3.05, 3.63) is 77.2 Å². The lowest BCUT2D eigenvalue weighted by Crippen LogP contribution is -2.10. The van der Waals surface area contributed by atoms with Gasteiger partial charge in [0.1, 0.15) is 11.3 Å². The Hall–Kier alpha value is -3.47. The predicted octanol–water partition coefficient (Wildman–Crippen LogP) is 4.70. The number of aromatic nitrogens is 1. The lowest BCUT2D eigenvalue weighted by molar-refractivity contribution is 0.0528. The molecule has 0 saturated heterocycles. The van der Waals surface area contributed by atoms with E-state index in [2.05, 4.69) is 4.98 Å². The summed E-state index contributed by atoms with van der Waals surface area (Å²) in [5.74, 6) is -0.668. The molecular formula is C22H17NO4. The second kappa shape index (κ2) is 6.68. The molecule has 0 unspecified atom stereocenters. The summed E-state index contributed by atoms with van der Waals surface area (Å²) in [5, 5.41) is 1.50. The number of carbonyl (C=O) groups is 2. The van der Waals surface area contributed by atoms with Crippen molar-refractivity contribution >= 4 is 33.6 Å². The molecule has 4 aromatic rings. The molecule has 0 N–H and O–H groups in total. The van der Waals surface area contributed by atoms with Crippen LogP contribution >= 0.6 is 0 Å². The number of fused-ring (bicyclic) bond motifs is 2. The first-order chi connectivity index (χ1) is 13.1. The number of benzene rings is 2. The first-order valence-corrected chi connectivity index (χ1v) is 8.68. The number of hydrogen-bond acceptors (Lipinski definition) is 5. The number of rotatable bonds is 4. The van der Waals surface area contributed by atoms with Crippen molar-refractivity contribution in [1.29, 1.82) is 0 Å². The summed E-state index contributed by atoms with van der Waals surface area (Å²) in [5.41, 5.74) is 2.65. The highest BCUT2D eigenvalue weighted by atomic mass is 16.5. The standard InChI is InChI=1S/C22H17NO4/c1-3-26-22(25)16-12-18(23-17-9-8-13(2)10-15(16)17)21(24)20-11-14-6-4-5-7-19(14)27-20/h4-12H,3H2,1-2H3. The summed E-state index contributed by atoms with van der Waals surface area (Å²) < 4.78 is 10.8. The van der Waals surface area contributed by atoms with Crippen LogP contribution in [0.15, 0.2) is 59.0 Å². The van der Waals surface area contributed by atoms with Crippen LogP contribution in [0.25, 0.3) is 21.9 Å². The molecule has 0 aliphatic heterocycles. The number of esters is 1. The van der Waals surface area contributed by atoms with Crippen LogP contribution in [0.1, 0.15) is 39.1 Å². The third-order valence-corrected chi connectivity index (χ3v) is 4.34. The van der Waals surface area contributed by atoms with Crippen molar-refractivity contribution in [3.8, 4) is 0 Å². The summed E-state index contributed by atoms with van der Waals surface area (Å²) in [6.07, 6.45) is 0. The van der Waals surface area contributed by atoms with Gasteiger partial charge in [0.25, 0.3) is 0 Å². The SMILES string of the molecule is CCOC(=O)c1cc(C(=O)c2cc3ccccc3o2)nc2ccc(C)cc12. The van der Waals surface area contributed by atoms with Crippen LogP contribution in [0.2, 0.25) is 0 Å². The van der Waals surface area contributed by atoms with E-state index in [9.17, 15) is 9.59 Å². The van der Waals surface area contributed by atoms with Gasteiger partial charge in [0.2, 0.25) is 5.78 Å². The Balaban J connectivity index is 1.86. The minimum atomic E-state index is -0.478. The number of nitrogens with zero attached hydrogens (tertiary/aromatic N) is 1. The van der Waals surface area contributed by atoms with Gasteiger partial charge in [-0.15, -0.1) is 0 Å². The number of furan rings is 1. The lowest BCUT2D eigenvalue weighted by Gasteiger charge is -2.09. The Morgan fingerprint density at radius 3 is 2.67 bits per heavy atom. The van der Waals surface area contributed by atoms with Crippen LogP contribution in [-0.2, 0) is 4.74 Å². The second-order valence-electron chi connectivity index (χ2n) is 6.27. The number of carbonyl (C=O) groups excluding carboxylic acids is 2. The number of ether oxygens (including phenoxy) is 1. The fourth-order valence-corrected chi connectivity index (χ4v) is 3.05. The maximum absolute atomic E-state index is 13.0. The van der Waals surface area contributed by atoms with Crippen molar-refractivity contribution in [2.24, 2.45) is 0 Å². The average Bonchev–Trinajstić information content (AvgIpc) is 3.11. The summed E-state index contributed by atoms with van der Waals surface area (Å²) >= 11 is 0. The molecule has 0 aliphatic rings. The van der Waals surface area contributed by atoms with Crippen molar-refractivity contribution < 1.29 is 18.7 Å². The number of ketones is 1. The molecule has 0 amide bonds. The van der Waals surface area contributed by atoms with Gasteiger partial charge < -0.3 is 9.15 Å². The molecule has 0 bridgehead atoms. The van der Waals surface area contributed by atoms with Gasteiger partial charge >= 0.3 is 5.97 Å². The molecule has 4 rings (SSSR count). The Kier molecular flexibility index (Phi) is 4.20. The van der Waals surface area contributed by atoms with Gasteiger partial charge in [-0.05, 0) is 44.2 Å². The molecule has 134 valence electrons. The van der Waals surface area contributed by atoms with Crippen LogP contribution in [-0.4, -0.2) is 23.3 Å². The molecule has 5 heteroatoms. The molecule has 0 fully saturated rings. The van der Waals surface area contributed by atoms with Gasteiger partial charge in [-0.3, -0.25) is 4.79 Å². The van der Waals surface area contributed by atoms with E-state index >= 15 is 0 Å². The van der Waals surface area contributed by atoms with Gasteiger partial charge in [-0.1, -0.05) is 29.8 Å². The zero-order valence-corrected chi connectivity index (χ0v) is 15.0. The van der Waals surface area contributed by atoms with E-state index in [0.717, 1.165) is 10.9 Å². The van der Waals surface area contributed by atoms with Crippen molar-refractivity contribution in [1.82, 2.24) is 4.98 Å². The smallest absolute Gasteiger partial charge is 0.338 e. The van der Waals surface area contributed by atoms with Crippen molar-refractivity contribution in [2.45, 2.75) is 13.8 Å². The molecule has 0 spiro atoms. The Morgan fingerprint density at radius 2 is 1.89 bits per heavy atom. The summed E-state index contributed by atoms with van der Waals surface area (Å²) in [6, 6.07) is 16.1. The van der Waals surface area contributed by atoms with Crippen molar-refractivity contribution in [3.63, 3.8) is 0 Å². The number of pyridine rings is 1. The van der Waals surface area contributed by atoms with E-state index < -0.39 is 5.97 Å². The number of hydrogen-bond donors (Lipinski definition) is 0. The maximum Gasteiger partial charge on any atom is 0.338 e. The normalized spacial score (nSPS) is 11.0. The van der Waals surface area contributed by atoms with E-state index in [1.54, 1.807) is 25.1 Å².